The molecule has 1 rings (SSSR count). The molecule has 0 saturated heterocycles. The van der Waals surface area contributed by atoms with E-state index in [9.17, 15) is 0 Å². The van der Waals surface area contributed by atoms with Crippen LogP contribution in [-0.4, -0.2) is 28.5 Å². The van der Waals surface area contributed by atoms with Crippen LogP contribution in [0.1, 0.15) is 25.8 Å². The summed E-state index contributed by atoms with van der Waals surface area (Å²) in [4.78, 5) is 2.08. The van der Waals surface area contributed by atoms with Crippen LogP contribution in [-0.2, 0) is 0 Å². The van der Waals surface area contributed by atoms with E-state index in [0.717, 1.165) is 20.8 Å². The lowest BCUT2D eigenvalue weighted by Crippen LogP contribution is -2.24. The zero-order chi connectivity index (χ0) is 12.1. The quantitative estimate of drug-likeness (QED) is 0.704. The van der Waals surface area contributed by atoms with Crippen molar-refractivity contribution in [3.63, 3.8) is 0 Å². The van der Waals surface area contributed by atoms with Gasteiger partial charge >= 0.3 is 0 Å². The molecule has 0 aliphatic carbocycles. The van der Waals surface area contributed by atoms with Gasteiger partial charge in [0.1, 0.15) is 0 Å². The Hall–Kier alpha value is -1.02. The van der Waals surface area contributed by atoms with Gasteiger partial charge in [-0.1, -0.05) is 56.3 Å². The third kappa shape index (κ3) is 3.24. The first-order valence-corrected chi connectivity index (χ1v) is 6.86. The zero-order valence-electron chi connectivity index (χ0n) is 10.7. The Labute approximate surface area is 102 Å². The Kier molecular flexibility index (Phi) is 4.81. The van der Waals surface area contributed by atoms with Crippen LogP contribution in [0.3, 0.4) is 0 Å². The van der Waals surface area contributed by atoms with E-state index in [4.69, 9.17) is 0 Å². The van der Waals surface area contributed by atoms with Crippen LogP contribution in [0, 0.1) is 0 Å². The van der Waals surface area contributed by atoms with Crippen molar-refractivity contribution < 1.29 is 0 Å². The van der Waals surface area contributed by atoms with E-state index in [0.29, 0.717) is 0 Å². The van der Waals surface area contributed by atoms with Crippen LogP contribution in [0.25, 0.3) is 5.70 Å². The van der Waals surface area contributed by atoms with Gasteiger partial charge in [0.05, 0.1) is 9.52 Å². The third-order valence-corrected chi connectivity index (χ3v) is 4.44. The van der Waals surface area contributed by atoms with Crippen molar-refractivity contribution in [1.29, 1.82) is 0 Å². The molecule has 0 amide bonds. The van der Waals surface area contributed by atoms with Crippen molar-refractivity contribution in [1.82, 2.24) is 4.90 Å². The molecule has 1 unspecified atom stereocenters. The zero-order valence-corrected chi connectivity index (χ0v) is 11.7. The summed E-state index contributed by atoms with van der Waals surface area (Å²) in [6.45, 7) is 8.71. The predicted molar refractivity (Wildman–Crippen MR) is 74.3 cm³/mol. The third-order valence-electron chi connectivity index (χ3n) is 2.79. The second kappa shape index (κ2) is 5.90. The van der Waals surface area contributed by atoms with Crippen LogP contribution in [0.15, 0.2) is 30.8 Å². The number of nitrogens with zero attached hydrogens (tertiary/aromatic N) is 1. The minimum Gasteiger partial charge on any atom is -0.378 e. The van der Waals surface area contributed by atoms with Crippen molar-refractivity contribution in [2.24, 2.45) is 0 Å². The van der Waals surface area contributed by atoms with E-state index in [1.165, 1.54) is 17.2 Å². The van der Waals surface area contributed by atoms with Gasteiger partial charge in [-0.3, -0.25) is 0 Å². The van der Waals surface area contributed by atoms with Crippen LogP contribution >= 0.6 is 0 Å². The number of hydrogen-bond acceptors (Lipinski definition) is 1. The molecule has 0 N–H and O–H groups in total. The normalized spacial score (nSPS) is 12.2. The Bertz CT molecular complexity index is 358. The molecule has 0 spiro atoms. The topological polar surface area (TPSA) is 3.24 Å². The maximum absolute atomic E-state index is 4.15. The lowest BCUT2D eigenvalue weighted by Gasteiger charge is -2.19. The minimum absolute atomic E-state index is 0.760. The summed E-state index contributed by atoms with van der Waals surface area (Å²) in [7, 11) is 4.97. The molecule has 0 aromatic heterocycles. The highest BCUT2D eigenvalue weighted by atomic mass is 28.2. The van der Waals surface area contributed by atoms with Gasteiger partial charge in [0.25, 0.3) is 0 Å². The molecule has 0 saturated carbocycles. The highest BCUT2D eigenvalue weighted by Crippen LogP contribution is 2.14. The molecule has 1 aromatic rings. The van der Waals surface area contributed by atoms with E-state index >= 15 is 0 Å². The highest BCUT2D eigenvalue weighted by molar-refractivity contribution is 6.56. The number of rotatable bonds is 5. The molecule has 2 radical (unpaired) electrons. The van der Waals surface area contributed by atoms with E-state index in [1.807, 2.05) is 14.1 Å². The molecule has 86 valence electrons. The summed E-state index contributed by atoms with van der Waals surface area (Å²) in [6, 6.07) is 8.62. The second-order valence-electron chi connectivity index (χ2n) is 4.34. The van der Waals surface area contributed by atoms with Crippen molar-refractivity contribution >= 4 is 20.4 Å². The Morgan fingerprint density at radius 1 is 1.38 bits per heavy atom. The van der Waals surface area contributed by atoms with Crippen molar-refractivity contribution in [2.45, 2.75) is 25.8 Å². The Morgan fingerprint density at radius 2 is 2.00 bits per heavy atom. The summed E-state index contributed by atoms with van der Waals surface area (Å²) in [5.74, 6) is 0. The number of hydrogen-bond donors (Lipinski definition) is 0. The molecule has 0 fully saturated rings. The molecule has 0 bridgehead atoms. The van der Waals surface area contributed by atoms with Crippen molar-refractivity contribution in [3.8, 4) is 0 Å². The molecule has 0 heterocycles. The smallest absolute Gasteiger partial charge is 0.0848 e. The fourth-order valence-electron chi connectivity index (χ4n) is 1.47. The molecular weight excluding hydrogens is 210 g/mol. The van der Waals surface area contributed by atoms with Gasteiger partial charge in [-0.15, -0.1) is 0 Å². The fourth-order valence-corrected chi connectivity index (χ4v) is 2.78. The number of benzene rings is 1. The van der Waals surface area contributed by atoms with Gasteiger partial charge in [-0.2, -0.15) is 0 Å². The summed E-state index contributed by atoms with van der Waals surface area (Å²) in [5, 5.41) is 1.44. The highest BCUT2D eigenvalue weighted by Gasteiger charge is 2.10. The van der Waals surface area contributed by atoms with E-state index in [1.54, 1.807) is 0 Å². The van der Waals surface area contributed by atoms with Crippen LogP contribution in [0.5, 0.6) is 0 Å². The van der Waals surface area contributed by atoms with Crippen molar-refractivity contribution in [3.05, 3.63) is 36.4 Å². The minimum atomic E-state index is 0.760. The van der Waals surface area contributed by atoms with Gasteiger partial charge in [-0.25, -0.2) is 0 Å². The first-order valence-electron chi connectivity index (χ1n) is 5.78. The standard InChI is InChI=1S/C14H21NSi/c1-6-11(2)16-14-10-8-7-9-13(14)12(3)15(4)5/h7-11H,3,6H2,1-2,4-5H3. The van der Waals surface area contributed by atoms with Crippen LogP contribution in [0.2, 0.25) is 5.54 Å². The largest absolute Gasteiger partial charge is 0.378 e. The molecule has 16 heavy (non-hydrogen) atoms. The maximum atomic E-state index is 4.15. The average Bonchev–Trinajstić information content (AvgIpc) is 2.28. The van der Waals surface area contributed by atoms with E-state index < -0.39 is 0 Å². The van der Waals surface area contributed by atoms with Gasteiger partial charge in [0, 0.05) is 19.8 Å². The van der Waals surface area contributed by atoms with Crippen molar-refractivity contribution in [2.75, 3.05) is 14.1 Å². The first-order chi connectivity index (χ1) is 7.56. The summed E-state index contributed by atoms with van der Waals surface area (Å²) in [5.41, 5.74) is 3.16. The summed E-state index contributed by atoms with van der Waals surface area (Å²) < 4.78 is 0. The predicted octanol–water partition coefficient (Wildman–Crippen LogP) is 2.77. The average molecular weight is 231 g/mol. The summed E-state index contributed by atoms with van der Waals surface area (Å²) >= 11 is 0. The molecule has 1 aromatic carbocycles. The SMILES string of the molecule is C=C(c1ccccc1[Si]C(C)CC)N(C)C. The van der Waals surface area contributed by atoms with E-state index in [-0.39, 0.29) is 0 Å². The molecule has 1 nitrogen and oxygen atoms in total. The monoisotopic (exact) mass is 231 g/mol. The molecule has 1 atom stereocenters. The molecule has 0 aliphatic heterocycles. The van der Waals surface area contributed by atoms with Gasteiger partial charge in [0.15, 0.2) is 0 Å². The lowest BCUT2D eigenvalue weighted by molar-refractivity contribution is 0.594. The first kappa shape index (κ1) is 13.0. The van der Waals surface area contributed by atoms with Gasteiger partial charge in [-0.05, 0) is 11.1 Å². The van der Waals surface area contributed by atoms with E-state index in [2.05, 4.69) is 49.6 Å². The molecule has 0 aliphatic rings. The second-order valence-corrected chi connectivity index (χ2v) is 6.15. The Morgan fingerprint density at radius 3 is 2.56 bits per heavy atom. The molecule has 2 heteroatoms. The Balaban J connectivity index is 2.96. The summed E-state index contributed by atoms with van der Waals surface area (Å²) in [6.07, 6.45) is 1.24. The lowest BCUT2D eigenvalue weighted by atomic mass is 10.1. The van der Waals surface area contributed by atoms with Crippen LogP contribution < -0.4 is 5.19 Å². The fraction of sp³-hybridized carbons (Fsp3) is 0.429. The van der Waals surface area contributed by atoms with Gasteiger partial charge in [0.2, 0.25) is 0 Å². The molecular formula is C14H21NSi. The van der Waals surface area contributed by atoms with Gasteiger partial charge < -0.3 is 4.90 Å². The van der Waals surface area contributed by atoms with Crippen LogP contribution in [0.4, 0.5) is 0 Å². The maximum Gasteiger partial charge on any atom is 0.0848 e.